The van der Waals surface area contributed by atoms with Crippen LogP contribution in [-0.4, -0.2) is 41.9 Å². The SMILES string of the molecule is O=Cc1cc(Cl)ccc1OCC(=O)N1C2CCC1CC(Oc1ccc(F)cc1)C2. The molecule has 152 valence electrons. The van der Waals surface area contributed by atoms with E-state index in [4.69, 9.17) is 21.1 Å². The first-order valence-electron chi connectivity index (χ1n) is 9.64. The lowest BCUT2D eigenvalue weighted by atomic mass is 9.99. The van der Waals surface area contributed by atoms with E-state index >= 15 is 0 Å². The van der Waals surface area contributed by atoms with Crippen LogP contribution >= 0.6 is 11.6 Å². The van der Waals surface area contributed by atoms with E-state index < -0.39 is 0 Å². The number of ether oxygens (including phenoxy) is 2. The normalized spacial score (nSPS) is 23.0. The number of hydrogen-bond donors (Lipinski definition) is 0. The van der Waals surface area contributed by atoms with Gasteiger partial charge < -0.3 is 14.4 Å². The van der Waals surface area contributed by atoms with Crippen molar-refractivity contribution in [2.24, 2.45) is 0 Å². The lowest BCUT2D eigenvalue weighted by Gasteiger charge is -2.38. The molecular formula is C22H21ClFNO4. The number of fused-ring (bicyclic) bond motifs is 2. The number of rotatable bonds is 6. The maximum absolute atomic E-state index is 13.1. The van der Waals surface area contributed by atoms with Gasteiger partial charge in [-0.1, -0.05) is 11.6 Å². The van der Waals surface area contributed by atoms with Gasteiger partial charge in [-0.05, 0) is 55.3 Å². The number of halogens is 2. The summed E-state index contributed by atoms with van der Waals surface area (Å²) in [6.45, 7) is -0.126. The van der Waals surface area contributed by atoms with Crippen LogP contribution in [-0.2, 0) is 4.79 Å². The Morgan fingerprint density at radius 1 is 1.14 bits per heavy atom. The molecule has 4 rings (SSSR count). The second-order valence-corrected chi connectivity index (χ2v) is 7.88. The minimum absolute atomic E-state index is 0.000797. The average Bonchev–Trinajstić information content (AvgIpc) is 2.99. The number of piperidine rings is 1. The van der Waals surface area contributed by atoms with Gasteiger partial charge in [0, 0.05) is 29.9 Å². The molecule has 0 saturated carbocycles. The zero-order chi connectivity index (χ0) is 20.4. The van der Waals surface area contributed by atoms with E-state index in [9.17, 15) is 14.0 Å². The number of amides is 1. The highest BCUT2D eigenvalue weighted by molar-refractivity contribution is 6.30. The Bertz CT molecular complexity index is 890. The summed E-state index contributed by atoms with van der Waals surface area (Å²) in [5.41, 5.74) is 0.319. The zero-order valence-electron chi connectivity index (χ0n) is 15.7. The van der Waals surface area contributed by atoms with Gasteiger partial charge in [-0.3, -0.25) is 9.59 Å². The third kappa shape index (κ3) is 4.37. The van der Waals surface area contributed by atoms with Crippen molar-refractivity contribution in [2.45, 2.75) is 43.9 Å². The van der Waals surface area contributed by atoms with E-state index in [2.05, 4.69) is 0 Å². The lowest BCUT2D eigenvalue weighted by molar-refractivity contribution is -0.139. The van der Waals surface area contributed by atoms with Gasteiger partial charge in [-0.2, -0.15) is 0 Å². The molecule has 2 saturated heterocycles. The molecule has 5 nitrogen and oxygen atoms in total. The molecule has 29 heavy (non-hydrogen) atoms. The average molecular weight is 418 g/mol. The van der Waals surface area contributed by atoms with Crippen molar-refractivity contribution in [3.05, 3.63) is 58.9 Å². The molecule has 2 aliphatic rings. The molecule has 2 unspecified atom stereocenters. The molecular weight excluding hydrogens is 397 g/mol. The van der Waals surface area contributed by atoms with Crippen LogP contribution < -0.4 is 9.47 Å². The van der Waals surface area contributed by atoms with Crippen LogP contribution in [0.2, 0.25) is 5.02 Å². The predicted octanol–water partition coefficient (Wildman–Crippen LogP) is 4.27. The monoisotopic (exact) mass is 417 g/mol. The fourth-order valence-corrected chi connectivity index (χ4v) is 4.47. The minimum atomic E-state index is -0.295. The molecule has 2 aromatic carbocycles. The molecule has 0 radical (unpaired) electrons. The van der Waals surface area contributed by atoms with Crippen LogP contribution in [0.3, 0.4) is 0 Å². The van der Waals surface area contributed by atoms with Gasteiger partial charge in [-0.25, -0.2) is 4.39 Å². The molecule has 0 aliphatic carbocycles. The van der Waals surface area contributed by atoms with Gasteiger partial charge in [0.1, 0.15) is 23.4 Å². The van der Waals surface area contributed by atoms with Gasteiger partial charge in [0.05, 0.1) is 5.56 Å². The van der Waals surface area contributed by atoms with E-state index in [0.717, 1.165) is 25.7 Å². The minimum Gasteiger partial charge on any atom is -0.490 e. The van der Waals surface area contributed by atoms with Crippen LogP contribution in [0.5, 0.6) is 11.5 Å². The standard InChI is InChI=1S/C22H21ClFNO4/c23-15-1-8-21(14(9-15)12-26)28-13-22(27)25-17-4-5-18(25)11-20(10-17)29-19-6-2-16(24)3-7-19/h1-3,6-9,12,17-18,20H,4-5,10-11,13H2. The van der Waals surface area contributed by atoms with Crippen LogP contribution in [0.25, 0.3) is 0 Å². The largest absolute Gasteiger partial charge is 0.490 e. The fraction of sp³-hybridized carbons (Fsp3) is 0.364. The van der Waals surface area contributed by atoms with E-state index in [1.807, 2.05) is 4.90 Å². The first-order chi connectivity index (χ1) is 14.0. The summed E-state index contributed by atoms with van der Waals surface area (Å²) in [5, 5.41) is 0.437. The molecule has 0 N–H and O–H groups in total. The van der Waals surface area contributed by atoms with Gasteiger partial charge in [0.2, 0.25) is 0 Å². The van der Waals surface area contributed by atoms with Crippen LogP contribution in [0.4, 0.5) is 4.39 Å². The van der Waals surface area contributed by atoms with Gasteiger partial charge >= 0.3 is 0 Å². The Morgan fingerprint density at radius 3 is 2.48 bits per heavy atom. The molecule has 2 bridgehead atoms. The van der Waals surface area contributed by atoms with Crippen molar-refractivity contribution in [1.29, 1.82) is 0 Å². The zero-order valence-corrected chi connectivity index (χ0v) is 16.5. The molecule has 2 aromatic rings. The van der Waals surface area contributed by atoms with E-state index in [1.54, 1.807) is 24.3 Å². The predicted molar refractivity (Wildman–Crippen MR) is 106 cm³/mol. The summed E-state index contributed by atoms with van der Waals surface area (Å²) in [6, 6.07) is 10.9. The topological polar surface area (TPSA) is 55.8 Å². The number of benzene rings is 2. The van der Waals surface area contributed by atoms with E-state index in [-0.39, 0.29) is 36.5 Å². The fourth-order valence-electron chi connectivity index (χ4n) is 4.29. The molecule has 1 amide bonds. The number of nitrogens with zero attached hydrogens (tertiary/aromatic N) is 1. The third-order valence-electron chi connectivity index (χ3n) is 5.54. The molecule has 2 aliphatic heterocycles. The van der Waals surface area contributed by atoms with Crippen LogP contribution in [0.15, 0.2) is 42.5 Å². The van der Waals surface area contributed by atoms with E-state index in [1.165, 1.54) is 18.2 Å². The van der Waals surface area contributed by atoms with Crippen LogP contribution in [0.1, 0.15) is 36.0 Å². The number of aldehydes is 1. The first-order valence-corrected chi connectivity index (χ1v) is 10.0. The molecule has 2 atom stereocenters. The highest BCUT2D eigenvalue weighted by Crippen LogP contribution is 2.37. The van der Waals surface area contributed by atoms with Crippen molar-refractivity contribution in [2.75, 3.05) is 6.61 Å². The molecule has 2 heterocycles. The maximum atomic E-state index is 13.1. The van der Waals surface area contributed by atoms with Crippen molar-refractivity contribution < 1.29 is 23.5 Å². The van der Waals surface area contributed by atoms with Crippen LogP contribution in [0, 0.1) is 5.82 Å². The van der Waals surface area contributed by atoms with Gasteiger partial charge in [0.25, 0.3) is 5.91 Å². The second kappa shape index (κ2) is 8.41. The summed E-state index contributed by atoms with van der Waals surface area (Å²) in [7, 11) is 0. The van der Waals surface area contributed by atoms with Gasteiger partial charge in [-0.15, -0.1) is 0 Å². The summed E-state index contributed by atoms with van der Waals surface area (Å²) in [5.74, 6) is 0.600. The smallest absolute Gasteiger partial charge is 0.261 e. The highest BCUT2D eigenvalue weighted by atomic mass is 35.5. The summed E-state index contributed by atoms with van der Waals surface area (Å²) in [4.78, 5) is 25.9. The van der Waals surface area contributed by atoms with Gasteiger partial charge in [0.15, 0.2) is 12.9 Å². The summed E-state index contributed by atoms with van der Waals surface area (Å²) in [6.07, 6.45) is 4.00. The number of carbonyl (C=O) groups excluding carboxylic acids is 2. The Balaban J connectivity index is 1.36. The third-order valence-corrected chi connectivity index (χ3v) is 5.78. The molecule has 0 aromatic heterocycles. The van der Waals surface area contributed by atoms with Crippen molar-refractivity contribution in [1.82, 2.24) is 4.90 Å². The summed E-state index contributed by atoms with van der Waals surface area (Å²) >= 11 is 5.89. The highest BCUT2D eigenvalue weighted by Gasteiger charge is 2.44. The Kier molecular flexibility index (Phi) is 5.72. The lowest BCUT2D eigenvalue weighted by Crippen LogP contribution is -2.50. The number of carbonyl (C=O) groups is 2. The molecule has 0 spiro atoms. The van der Waals surface area contributed by atoms with E-state index in [0.29, 0.717) is 28.4 Å². The van der Waals surface area contributed by atoms with Crippen molar-refractivity contribution in [3.63, 3.8) is 0 Å². The Hall–Kier alpha value is -2.60. The summed E-state index contributed by atoms with van der Waals surface area (Å²) < 4.78 is 24.7. The Labute approximate surface area is 173 Å². The molecule has 2 fully saturated rings. The van der Waals surface area contributed by atoms with Crippen molar-refractivity contribution in [3.8, 4) is 11.5 Å². The second-order valence-electron chi connectivity index (χ2n) is 7.44. The maximum Gasteiger partial charge on any atom is 0.261 e. The quantitative estimate of drug-likeness (QED) is 0.658. The Morgan fingerprint density at radius 2 is 1.83 bits per heavy atom. The number of hydrogen-bond acceptors (Lipinski definition) is 4. The molecule has 7 heteroatoms. The first kappa shape index (κ1) is 19.7. The van der Waals surface area contributed by atoms with Crippen molar-refractivity contribution >= 4 is 23.8 Å².